The summed E-state index contributed by atoms with van der Waals surface area (Å²) in [5.41, 5.74) is 4.55. The highest BCUT2D eigenvalue weighted by Gasteiger charge is 2.28. The third-order valence-corrected chi connectivity index (χ3v) is 6.79. The molecule has 0 unspecified atom stereocenters. The number of aromatic nitrogens is 1. The molecule has 0 saturated carbocycles. The van der Waals surface area contributed by atoms with Crippen LogP contribution in [-0.2, 0) is 16.0 Å². The molecule has 3 heterocycles. The lowest BCUT2D eigenvalue weighted by atomic mass is 9.92. The number of hydrogen-bond donors (Lipinski definition) is 0. The molecule has 1 aromatic carbocycles. The SMILES string of the molecule is COc1ccc(Cc2cc(C)nc([C@H]3CCCN(C(=O)CN4CCCCCC4=O)C3)c2)cc1. The lowest BCUT2D eigenvalue weighted by Crippen LogP contribution is -2.46. The van der Waals surface area contributed by atoms with E-state index in [1.807, 2.05) is 24.0 Å². The number of hydrogen-bond acceptors (Lipinski definition) is 4. The Bertz CT molecular complexity index is 973. The molecule has 2 fully saturated rings. The van der Waals surface area contributed by atoms with Crippen molar-refractivity contribution in [2.24, 2.45) is 0 Å². The number of rotatable bonds is 6. The second kappa shape index (κ2) is 10.8. The van der Waals surface area contributed by atoms with E-state index in [0.717, 1.165) is 62.2 Å². The summed E-state index contributed by atoms with van der Waals surface area (Å²) in [7, 11) is 1.68. The molecule has 1 aromatic heterocycles. The van der Waals surface area contributed by atoms with Crippen LogP contribution in [0.2, 0.25) is 0 Å². The number of amides is 2. The van der Waals surface area contributed by atoms with Gasteiger partial charge in [0.2, 0.25) is 11.8 Å². The van der Waals surface area contributed by atoms with Crippen molar-refractivity contribution in [3.63, 3.8) is 0 Å². The van der Waals surface area contributed by atoms with Gasteiger partial charge in [-0.1, -0.05) is 18.6 Å². The summed E-state index contributed by atoms with van der Waals surface area (Å²) in [5, 5.41) is 0. The highest BCUT2D eigenvalue weighted by Crippen LogP contribution is 2.28. The Hall–Kier alpha value is -2.89. The van der Waals surface area contributed by atoms with Crippen LogP contribution >= 0.6 is 0 Å². The number of methoxy groups -OCH3 is 1. The summed E-state index contributed by atoms with van der Waals surface area (Å²) >= 11 is 0. The van der Waals surface area contributed by atoms with E-state index in [-0.39, 0.29) is 24.3 Å². The van der Waals surface area contributed by atoms with Gasteiger partial charge in [0.25, 0.3) is 0 Å². The zero-order valence-corrected chi connectivity index (χ0v) is 19.9. The van der Waals surface area contributed by atoms with Gasteiger partial charge in [0.15, 0.2) is 0 Å². The summed E-state index contributed by atoms with van der Waals surface area (Å²) in [6.45, 7) is 4.41. The van der Waals surface area contributed by atoms with Gasteiger partial charge in [-0.15, -0.1) is 0 Å². The normalized spacial score (nSPS) is 19.3. The van der Waals surface area contributed by atoms with Gasteiger partial charge in [-0.05, 0) is 74.4 Å². The summed E-state index contributed by atoms with van der Waals surface area (Å²) in [5.74, 6) is 1.29. The number of carbonyl (C=O) groups is 2. The molecular weight excluding hydrogens is 414 g/mol. The van der Waals surface area contributed by atoms with Crippen LogP contribution in [0.5, 0.6) is 5.75 Å². The van der Waals surface area contributed by atoms with Crippen LogP contribution in [0.1, 0.15) is 67.0 Å². The average molecular weight is 450 g/mol. The molecule has 0 bridgehead atoms. The molecule has 4 rings (SSSR count). The Morgan fingerprint density at radius 2 is 1.88 bits per heavy atom. The molecule has 0 radical (unpaired) electrons. The fourth-order valence-electron chi connectivity index (χ4n) is 4.97. The molecule has 33 heavy (non-hydrogen) atoms. The number of carbonyl (C=O) groups excluding carboxylic acids is 2. The summed E-state index contributed by atoms with van der Waals surface area (Å²) in [6, 6.07) is 12.5. The van der Waals surface area contributed by atoms with Crippen LogP contribution in [-0.4, -0.2) is 59.9 Å². The molecule has 176 valence electrons. The van der Waals surface area contributed by atoms with Crippen LogP contribution < -0.4 is 4.74 Å². The smallest absolute Gasteiger partial charge is 0.242 e. The van der Waals surface area contributed by atoms with Crippen LogP contribution in [0.15, 0.2) is 36.4 Å². The molecule has 2 amide bonds. The van der Waals surface area contributed by atoms with Gasteiger partial charge in [-0.2, -0.15) is 0 Å². The number of nitrogens with zero attached hydrogens (tertiary/aromatic N) is 3. The first-order chi connectivity index (χ1) is 16.0. The van der Waals surface area contributed by atoms with Crippen molar-refractivity contribution in [1.82, 2.24) is 14.8 Å². The first-order valence-electron chi connectivity index (χ1n) is 12.2. The zero-order valence-electron chi connectivity index (χ0n) is 19.9. The number of benzene rings is 1. The van der Waals surface area contributed by atoms with Gasteiger partial charge in [0, 0.05) is 43.4 Å². The molecule has 0 aliphatic carbocycles. The third kappa shape index (κ3) is 6.12. The van der Waals surface area contributed by atoms with E-state index >= 15 is 0 Å². The van der Waals surface area contributed by atoms with Crippen molar-refractivity contribution >= 4 is 11.8 Å². The Kier molecular flexibility index (Phi) is 7.63. The first kappa shape index (κ1) is 23.3. The maximum absolute atomic E-state index is 13.0. The maximum Gasteiger partial charge on any atom is 0.242 e. The van der Waals surface area contributed by atoms with E-state index in [9.17, 15) is 9.59 Å². The van der Waals surface area contributed by atoms with Crippen molar-refractivity contribution in [3.8, 4) is 5.75 Å². The second-order valence-electron chi connectivity index (χ2n) is 9.37. The van der Waals surface area contributed by atoms with E-state index in [4.69, 9.17) is 9.72 Å². The van der Waals surface area contributed by atoms with Gasteiger partial charge in [0.1, 0.15) is 5.75 Å². The van der Waals surface area contributed by atoms with Crippen LogP contribution in [0.4, 0.5) is 0 Å². The fraction of sp³-hybridized carbons (Fsp3) is 0.519. The lowest BCUT2D eigenvalue weighted by Gasteiger charge is -2.34. The van der Waals surface area contributed by atoms with Gasteiger partial charge in [0.05, 0.1) is 13.7 Å². The van der Waals surface area contributed by atoms with Gasteiger partial charge in [-0.3, -0.25) is 14.6 Å². The minimum Gasteiger partial charge on any atom is -0.497 e. The molecule has 2 aromatic rings. The Morgan fingerprint density at radius 1 is 1.06 bits per heavy atom. The van der Waals surface area contributed by atoms with Crippen LogP contribution in [0, 0.1) is 6.92 Å². The van der Waals surface area contributed by atoms with E-state index in [1.54, 1.807) is 12.0 Å². The predicted octanol–water partition coefficient (Wildman–Crippen LogP) is 4.10. The average Bonchev–Trinajstić information content (AvgIpc) is 3.03. The Balaban J connectivity index is 1.42. The highest BCUT2D eigenvalue weighted by molar-refractivity contribution is 5.85. The van der Waals surface area contributed by atoms with Crippen LogP contribution in [0.25, 0.3) is 0 Å². The van der Waals surface area contributed by atoms with E-state index < -0.39 is 0 Å². The first-order valence-corrected chi connectivity index (χ1v) is 12.2. The fourth-order valence-corrected chi connectivity index (χ4v) is 4.97. The molecule has 6 nitrogen and oxygen atoms in total. The minimum atomic E-state index is 0.0704. The summed E-state index contributed by atoms with van der Waals surface area (Å²) < 4.78 is 5.26. The van der Waals surface area contributed by atoms with Crippen LogP contribution in [0.3, 0.4) is 0 Å². The topological polar surface area (TPSA) is 62.7 Å². The van der Waals surface area contributed by atoms with Gasteiger partial charge in [-0.25, -0.2) is 0 Å². The monoisotopic (exact) mass is 449 g/mol. The van der Waals surface area contributed by atoms with Crippen molar-refractivity contribution in [1.29, 1.82) is 0 Å². The molecule has 6 heteroatoms. The molecule has 0 spiro atoms. The standard InChI is InChI=1S/C27H35N3O3/c1-20-15-22(16-21-9-11-24(33-2)12-10-21)17-25(28-20)23-7-6-14-29(18-23)27(32)19-30-13-5-3-4-8-26(30)31/h9-12,15,17,23H,3-8,13-14,16,18-19H2,1-2H3/t23-/m0/s1. The van der Waals surface area contributed by atoms with Crippen molar-refractivity contribution < 1.29 is 14.3 Å². The quantitative estimate of drug-likeness (QED) is 0.666. The van der Waals surface area contributed by atoms with E-state index in [2.05, 4.69) is 24.3 Å². The lowest BCUT2D eigenvalue weighted by molar-refractivity contribution is -0.140. The van der Waals surface area contributed by atoms with Crippen molar-refractivity contribution in [3.05, 3.63) is 58.9 Å². The molecule has 0 N–H and O–H groups in total. The summed E-state index contributed by atoms with van der Waals surface area (Å²) in [4.78, 5) is 33.9. The summed E-state index contributed by atoms with van der Waals surface area (Å²) in [6.07, 6.45) is 6.41. The highest BCUT2D eigenvalue weighted by atomic mass is 16.5. The number of likely N-dealkylation sites (tertiary alicyclic amines) is 2. The number of piperidine rings is 1. The number of ether oxygens (including phenoxy) is 1. The molecule has 2 aliphatic heterocycles. The van der Waals surface area contributed by atoms with Gasteiger partial charge < -0.3 is 14.5 Å². The van der Waals surface area contributed by atoms with Gasteiger partial charge >= 0.3 is 0 Å². The Morgan fingerprint density at radius 3 is 2.67 bits per heavy atom. The molecular formula is C27H35N3O3. The van der Waals surface area contributed by atoms with E-state index in [1.165, 1.54) is 11.1 Å². The number of pyridine rings is 1. The Labute approximate surface area is 196 Å². The molecule has 2 aliphatic rings. The second-order valence-corrected chi connectivity index (χ2v) is 9.37. The minimum absolute atomic E-state index is 0.0704. The largest absolute Gasteiger partial charge is 0.497 e. The van der Waals surface area contributed by atoms with Crippen molar-refractivity contribution in [2.45, 2.75) is 57.8 Å². The van der Waals surface area contributed by atoms with Crippen molar-refractivity contribution in [2.75, 3.05) is 33.3 Å². The zero-order chi connectivity index (χ0) is 23.2. The van der Waals surface area contributed by atoms with E-state index in [0.29, 0.717) is 19.5 Å². The molecule has 2 saturated heterocycles. The number of aryl methyl sites for hydroxylation is 1. The predicted molar refractivity (Wildman–Crippen MR) is 128 cm³/mol. The maximum atomic E-state index is 13.0. The molecule has 1 atom stereocenters. The third-order valence-electron chi connectivity index (χ3n) is 6.79.